The lowest BCUT2D eigenvalue weighted by Gasteiger charge is -2.33. The average Bonchev–Trinajstić information content (AvgIpc) is 3.62. The minimum absolute atomic E-state index is 0.00108. The second-order valence-electron chi connectivity index (χ2n) is 12.0. The molecule has 2 saturated heterocycles. The largest absolute Gasteiger partial charge is 0.496 e. The van der Waals surface area contributed by atoms with Gasteiger partial charge in [0, 0.05) is 23.5 Å². The van der Waals surface area contributed by atoms with E-state index in [9.17, 15) is 27.6 Å². The smallest absolute Gasteiger partial charge is 0.442 e. The van der Waals surface area contributed by atoms with E-state index in [4.69, 9.17) is 18.9 Å². The summed E-state index contributed by atoms with van der Waals surface area (Å²) >= 11 is 0. The summed E-state index contributed by atoms with van der Waals surface area (Å²) in [5.74, 6) is -3.06. The molecule has 2 aromatic carbocycles. The predicted molar refractivity (Wildman–Crippen MR) is 148 cm³/mol. The summed E-state index contributed by atoms with van der Waals surface area (Å²) in [6, 6.07) is 12.0. The highest BCUT2D eigenvalue weighted by atomic mass is 19.4. The van der Waals surface area contributed by atoms with Crippen LogP contribution in [-0.2, 0) is 40.7 Å². The zero-order valence-corrected chi connectivity index (χ0v) is 25.0. The Labute approximate surface area is 252 Å². The molecule has 2 aromatic rings. The van der Waals surface area contributed by atoms with Crippen molar-refractivity contribution >= 4 is 17.8 Å². The summed E-state index contributed by atoms with van der Waals surface area (Å²) in [5, 5.41) is 6.51. The van der Waals surface area contributed by atoms with E-state index in [2.05, 4.69) is 10.2 Å². The number of carbonyl (C=O) groups is 3. The van der Waals surface area contributed by atoms with Crippen molar-refractivity contribution in [2.75, 3.05) is 20.3 Å². The van der Waals surface area contributed by atoms with Gasteiger partial charge in [-0.3, -0.25) is 14.4 Å². The molecule has 0 bridgehead atoms. The standard InChI is InChI=1S/C31H34F3N3O7/c1-6-42-27(40)29(16-19-12-13-20(14-23(19)41-5)30(35-36-30)31(32,33)34)21(15-24(38)44-28(2,3)4)22-17-43-25(37(22)26(29)39)18-10-8-7-9-11-18/h7-14,21-22,25H,6,15-17H2,1-5H3/t21-,22-,25-,29+/m1/s1. The number of halogens is 3. The topological polar surface area (TPSA) is 116 Å². The van der Waals surface area contributed by atoms with E-state index in [-0.39, 0.29) is 42.9 Å². The summed E-state index contributed by atoms with van der Waals surface area (Å²) in [6.07, 6.45) is -6.23. The van der Waals surface area contributed by atoms with Gasteiger partial charge < -0.3 is 23.8 Å². The Morgan fingerprint density at radius 2 is 1.77 bits per heavy atom. The number of methoxy groups -OCH3 is 1. The molecule has 1 amide bonds. The van der Waals surface area contributed by atoms with Gasteiger partial charge in [0.05, 0.1) is 32.8 Å². The molecule has 0 spiro atoms. The molecule has 4 atom stereocenters. The number of carbonyl (C=O) groups excluding carboxylic acids is 3. The Balaban J connectivity index is 1.61. The van der Waals surface area contributed by atoms with Crippen LogP contribution in [0.2, 0.25) is 0 Å². The van der Waals surface area contributed by atoms with Crippen LogP contribution in [0.3, 0.4) is 0 Å². The first-order valence-corrected chi connectivity index (χ1v) is 14.2. The third kappa shape index (κ3) is 5.31. The Hall–Kier alpha value is -4.00. The summed E-state index contributed by atoms with van der Waals surface area (Å²) < 4.78 is 63.9. The fourth-order valence-corrected chi connectivity index (χ4v) is 6.18. The second kappa shape index (κ2) is 11.2. The van der Waals surface area contributed by atoms with Crippen LogP contribution in [0.15, 0.2) is 58.8 Å². The SMILES string of the molecule is CCOC(=O)[C@]1(Cc2ccc(C3(C(F)(F)F)N=N3)cc2OC)C(=O)N2[C@@H](c3ccccc3)OC[C@@H]2[C@H]1CC(=O)OC(C)(C)C. The van der Waals surface area contributed by atoms with Crippen molar-refractivity contribution in [2.45, 2.75) is 70.2 Å². The van der Waals surface area contributed by atoms with Gasteiger partial charge in [0.1, 0.15) is 11.4 Å². The highest BCUT2D eigenvalue weighted by Crippen LogP contribution is 2.55. The van der Waals surface area contributed by atoms with Gasteiger partial charge in [0.25, 0.3) is 0 Å². The Morgan fingerprint density at radius 3 is 2.34 bits per heavy atom. The van der Waals surface area contributed by atoms with E-state index >= 15 is 0 Å². The maximum absolute atomic E-state index is 14.6. The normalized spacial score (nSPS) is 25.5. The summed E-state index contributed by atoms with van der Waals surface area (Å²) in [4.78, 5) is 43.4. The molecule has 3 aliphatic heterocycles. The molecule has 3 heterocycles. The number of rotatable bonds is 9. The molecule has 3 aliphatic rings. The zero-order chi connectivity index (χ0) is 32.1. The molecule has 0 N–H and O–H groups in total. The van der Waals surface area contributed by atoms with Gasteiger partial charge in [0.15, 0.2) is 11.6 Å². The first-order chi connectivity index (χ1) is 20.7. The van der Waals surface area contributed by atoms with Crippen LogP contribution >= 0.6 is 0 Å². The van der Waals surface area contributed by atoms with Crippen LogP contribution in [-0.4, -0.2) is 60.9 Å². The van der Waals surface area contributed by atoms with E-state index in [1.807, 2.05) is 6.07 Å². The van der Waals surface area contributed by atoms with Gasteiger partial charge in [-0.25, -0.2) is 0 Å². The minimum Gasteiger partial charge on any atom is -0.496 e. The van der Waals surface area contributed by atoms with Gasteiger partial charge in [-0.2, -0.15) is 13.2 Å². The number of hydrogen-bond donors (Lipinski definition) is 0. The molecule has 0 aromatic heterocycles. The van der Waals surface area contributed by atoms with Crippen LogP contribution in [0, 0.1) is 11.3 Å². The lowest BCUT2D eigenvalue weighted by molar-refractivity contribution is -0.168. The average molecular weight is 618 g/mol. The second-order valence-corrected chi connectivity index (χ2v) is 12.0. The third-order valence-corrected chi connectivity index (χ3v) is 8.13. The highest BCUT2D eigenvalue weighted by molar-refractivity contribution is 6.06. The van der Waals surface area contributed by atoms with Crippen molar-refractivity contribution in [1.29, 1.82) is 0 Å². The lowest BCUT2D eigenvalue weighted by Crippen LogP contribution is -2.48. The van der Waals surface area contributed by atoms with E-state index < -0.39 is 58.9 Å². The number of fused-ring (bicyclic) bond motifs is 1. The van der Waals surface area contributed by atoms with Gasteiger partial charge in [0.2, 0.25) is 5.91 Å². The lowest BCUT2D eigenvalue weighted by atomic mass is 9.69. The Bertz CT molecular complexity index is 1470. The number of hydrogen-bond acceptors (Lipinski definition) is 9. The summed E-state index contributed by atoms with van der Waals surface area (Å²) in [6.45, 7) is 6.70. The summed E-state index contributed by atoms with van der Waals surface area (Å²) in [5.41, 5.74) is -4.80. The van der Waals surface area contributed by atoms with Crippen molar-refractivity contribution in [1.82, 2.24) is 4.90 Å². The van der Waals surface area contributed by atoms with Gasteiger partial charge in [-0.15, -0.1) is 10.2 Å². The number of alkyl halides is 3. The molecule has 10 nitrogen and oxygen atoms in total. The molecule has 0 radical (unpaired) electrons. The van der Waals surface area contributed by atoms with Crippen molar-refractivity contribution in [2.24, 2.45) is 21.6 Å². The van der Waals surface area contributed by atoms with E-state index in [0.717, 1.165) is 6.07 Å². The van der Waals surface area contributed by atoms with E-state index in [1.54, 1.807) is 52.0 Å². The van der Waals surface area contributed by atoms with Crippen LogP contribution < -0.4 is 4.74 Å². The monoisotopic (exact) mass is 617 g/mol. The van der Waals surface area contributed by atoms with E-state index in [0.29, 0.717) is 5.56 Å². The first kappa shape index (κ1) is 31.4. The van der Waals surface area contributed by atoms with Gasteiger partial charge >= 0.3 is 23.8 Å². The molecule has 0 aliphatic carbocycles. The molecule has 5 rings (SSSR count). The van der Waals surface area contributed by atoms with Crippen LogP contribution in [0.5, 0.6) is 5.75 Å². The van der Waals surface area contributed by atoms with Gasteiger partial charge in [-0.1, -0.05) is 42.5 Å². The number of benzene rings is 2. The van der Waals surface area contributed by atoms with Gasteiger partial charge in [-0.05, 0) is 39.3 Å². The maximum atomic E-state index is 14.6. The highest BCUT2D eigenvalue weighted by Gasteiger charge is 2.68. The molecule has 0 saturated carbocycles. The van der Waals surface area contributed by atoms with Crippen molar-refractivity contribution < 1.29 is 46.5 Å². The van der Waals surface area contributed by atoms with Crippen molar-refractivity contribution in [3.05, 3.63) is 65.2 Å². The molecule has 0 unspecified atom stereocenters. The minimum atomic E-state index is -4.76. The summed E-state index contributed by atoms with van der Waals surface area (Å²) in [7, 11) is 1.27. The fourth-order valence-electron chi connectivity index (χ4n) is 6.18. The Morgan fingerprint density at radius 1 is 1.09 bits per heavy atom. The van der Waals surface area contributed by atoms with Crippen LogP contribution in [0.1, 0.15) is 57.0 Å². The van der Waals surface area contributed by atoms with Crippen LogP contribution in [0.4, 0.5) is 13.2 Å². The maximum Gasteiger partial charge on any atom is 0.442 e. The fraction of sp³-hybridized carbons (Fsp3) is 0.516. The van der Waals surface area contributed by atoms with Crippen LogP contribution in [0.25, 0.3) is 0 Å². The first-order valence-electron chi connectivity index (χ1n) is 14.2. The number of ether oxygens (including phenoxy) is 4. The molecule has 13 heteroatoms. The number of amides is 1. The predicted octanol–water partition coefficient (Wildman–Crippen LogP) is 5.26. The quantitative estimate of drug-likeness (QED) is 0.279. The van der Waals surface area contributed by atoms with Crippen molar-refractivity contribution in [3.8, 4) is 5.75 Å². The number of nitrogens with zero attached hydrogens (tertiary/aromatic N) is 3. The molecule has 236 valence electrons. The molecule has 2 fully saturated rings. The molecular weight excluding hydrogens is 583 g/mol. The zero-order valence-electron chi connectivity index (χ0n) is 25.0. The molecule has 44 heavy (non-hydrogen) atoms. The number of esters is 2. The van der Waals surface area contributed by atoms with E-state index in [1.165, 1.54) is 24.1 Å². The Kier molecular flexibility index (Phi) is 7.98. The van der Waals surface area contributed by atoms with Crippen molar-refractivity contribution in [3.63, 3.8) is 0 Å². The molecular formula is C31H34F3N3O7. The third-order valence-electron chi connectivity index (χ3n) is 8.13.